The Morgan fingerprint density at radius 1 is 1.16 bits per heavy atom. The molecule has 0 saturated carbocycles. The molecule has 0 atom stereocenters. The Balaban J connectivity index is 1.89. The predicted octanol–water partition coefficient (Wildman–Crippen LogP) is 2.70. The fraction of sp³-hybridized carbons (Fsp3) is 0.231. The van der Waals surface area contributed by atoms with Crippen molar-refractivity contribution in [3.05, 3.63) is 47.3 Å². The molecule has 0 amide bonds. The van der Waals surface area contributed by atoms with Crippen molar-refractivity contribution in [3.63, 3.8) is 0 Å². The minimum Gasteiger partial charge on any atom is -0.497 e. The van der Waals surface area contributed by atoms with E-state index in [1.807, 2.05) is 24.3 Å². The maximum Gasteiger partial charge on any atom is 0.211 e. The second kappa shape index (κ2) is 6.18. The van der Waals surface area contributed by atoms with Gasteiger partial charge in [0.05, 0.1) is 13.7 Å². The molecule has 0 bridgehead atoms. The van der Waals surface area contributed by atoms with E-state index in [0.29, 0.717) is 4.21 Å². The molecule has 1 aromatic heterocycles. The summed E-state index contributed by atoms with van der Waals surface area (Å²) in [6, 6.07) is 10.6. The van der Waals surface area contributed by atoms with Crippen molar-refractivity contribution in [2.24, 2.45) is 0 Å². The standard InChI is InChI=1S/C13H14O4S2/c1-16-12-6-4-11(5-7-12)9-17-10-19(14,15)13-3-2-8-18-13/h2-8H,9-10H2,1H3. The van der Waals surface area contributed by atoms with Gasteiger partial charge in [0.2, 0.25) is 9.84 Å². The molecule has 0 aliphatic rings. The molecule has 0 unspecified atom stereocenters. The van der Waals surface area contributed by atoms with Gasteiger partial charge in [0.1, 0.15) is 9.96 Å². The highest BCUT2D eigenvalue weighted by molar-refractivity contribution is 7.93. The van der Waals surface area contributed by atoms with E-state index in [1.54, 1.807) is 24.6 Å². The first-order valence-electron chi connectivity index (χ1n) is 5.59. The molecule has 1 heterocycles. The highest BCUT2D eigenvalue weighted by atomic mass is 32.2. The van der Waals surface area contributed by atoms with Crippen molar-refractivity contribution < 1.29 is 17.9 Å². The lowest BCUT2D eigenvalue weighted by molar-refractivity contribution is 0.163. The van der Waals surface area contributed by atoms with Crippen molar-refractivity contribution in [1.82, 2.24) is 0 Å². The number of hydrogen-bond donors (Lipinski definition) is 0. The normalized spacial score (nSPS) is 11.4. The Morgan fingerprint density at radius 3 is 2.47 bits per heavy atom. The summed E-state index contributed by atoms with van der Waals surface area (Å²) in [6.07, 6.45) is 0. The smallest absolute Gasteiger partial charge is 0.211 e. The van der Waals surface area contributed by atoms with Crippen LogP contribution >= 0.6 is 11.3 Å². The molecule has 0 radical (unpaired) electrons. The van der Waals surface area contributed by atoms with Crippen LogP contribution in [0, 0.1) is 0 Å². The molecule has 0 fully saturated rings. The van der Waals surface area contributed by atoms with Crippen LogP contribution in [0.3, 0.4) is 0 Å². The maximum absolute atomic E-state index is 11.8. The van der Waals surface area contributed by atoms with Gasteiger partial charge in [-0.25, -0.2) is 8.42 Å². The molecule has 102 valence electrons. The number of hydrogen-bond acceptors (Lipinski definition) is 5. The van der Waals surface area contributed by atoms with Crippen LogP contribution in [0.15, 0.2) is 46.0 Å². The summed E-state index contributed by atoms with van der Waals surface area (Å²) < 4.78 is 34.3. The van der Waals surface area contributed by atoms with Crippen molar-refractivity contribution in [2.45, 2.75) is 10.8 Å². The monoisotopic (exact) mass is 298 g/mol. The molecule has 1 aromatic carbocycles. The lowest BCUT2D eigenvalue weighted by atomic mass is 10.2. The average molecular weight is 298 g/mol. The topological polar surface area (TPSA) is 52.6 Å². The van der Waals surface area contributed by atoms with Crippen LogP contribution in [0.1, 0.15) is 5.56 Å². The summed E-state index contributed by atoms with van der Waals surface area (Å²) >= 11 is 1.20. The van der Waals surface area contributed by atoms with E-state index in [1.165, 1.54) is 11.3 Å². The molecule has 0 N–H and O–H groups in total. The average Bonchev–Trinajstić information content (AvgIpc) is 2.94. The van der Waals surface area contributed by atoms with Crippen LogP contribution in [0.4, 0.5) is 0 Å². The first-order valence-corrected chi connectivity index (χ1v) is 8.12. The molecule has 2 rings (SSSR count). The van der Waals surface area contributed by atoms with E-state index < -0.39 is 9.84 Å². The molecule has 0 aliphatic heterocycles. The SMILES string of the molecule is COc1ccc(COCS(=O)(=O)c2cccs2)cc1. The van der Waals surface area contributed by atoms with Crippen LogP contribution in [0.25, 0.3) is 0 Å². The lowest BCUT2D eigenvalue weighted by Crippen LogP contribution is -2.08. The number of sulfone groups is 1. The second-order valence-electron chi connectivity index (χ2n) is 3.86. The molecule has 19 heavy (non-hydrogen) atoms. The third kappa shape index (κ3) is 3.79. The van der Waals surface area contributed by atoms with Gasteiger partial charge < -0.3 is 9.47 Å². The number of rotatable bonds is 6. The molecule has 0 spiro atoms. The minimum absolute atomic E-state index is 0.259. The van der Waals surface area contributed by atoms with Gasteiger partial charge in [-0.1, -0.05) is 18.2 Å². The van der Waals surface area contributed by atoms with Crippen molar-refractivity contribution in [1.29, 1.82) is 0 Å². The Hall–Kier alpha value is -1.37. The van der Waals surface area contributed by atoms with E-state index in [2.05, 4.69) is 0 Å². The number of benzene rings is 1. The van der Waals surface area contributed by atoms with E-state index in [9.17, 15) is 8.42 Å². The Kier molecular flexibility index (Phi) is 4.57. The third-order valence-corrected chi connectivity index (χ3v) is 5.41. The zero-order valence-electron chi connectivity index (χ0n) is 10.4. The summed E-state index contributed by atoms with van der Waals surface area (Å²) in [6.45, 7) is 0.259. The van der Waals surface area contributed by atoms with Crippen LogP contribution in [0.5, 0.6) is 5.75 Å². The van der Waals surface area contributed by atoms with Crippen molar-refractivity contribution in [2.75, 3.05) is 13.0 Å². The largest absolute Gasteiger partial charge is 0.497 e. The fourth-order valence-electron chi connectivity index (χ4n) is 1.49. The maximum atomic E-state index is 11.8. The quantitative estimate of drug-likeness (QED) is 0.823. The molecular formula is C13H14O4S2. The third-order valence-electron chi connectivity index (χ3n) is 2.47. The molecule has 6 heteroatoms. The van der Waals surface area contributed by atoms with Crippen LogP contribution in [-0.2, 0) is 21.2 Å². The first kappa shape index (κ1) is 14.0. The van der Waals surface area contributed by atoms with Gasteiger partial charge in [-0.3, -0.25) is 0 Å². The van der Waals surface area contributed by atoms with Crippen LogP contribution in [-0.4, -0.2) is 21.5 Å². The minimum atomic E-state index is -3.33. The van der Waals surface area contributed by atoms with Gasteiger partial charge >= 0.3 is 0 Å². The summed E-state index contributed by atoms with van der Waals surface area (Å²) in [7, 11) is -1.73. The number of ether oxygens (including phenoxy) is 2. The van der Waals surface area contributed by atoms with Gasteiger partial charge in [0.25, 0.3) is 0 Å². The van der Waals surface area contributed by atoms with Gasteiger partial charge in [-0.2, -0.15) is 0 Å². The van der Waals surface area contributed by atoms with Gasteiger partial charge in [0.15, 0.2) is 5.94 Å². The van der Waals surface area contributed by atoms with Crippen molar-refractivity contribution >= 4 is 21.2 Å². The van der Waals surface area contributed by atoms with Gasteiger partial charge in [-0.15, -0.1) is 11.3 Å². The molecule has 0 aliphatic carbocycles. The molecule has 4 nitrogen and oxygen atoms in total. The Morgan fingerprint density at radius 2 is 1.89 bits per heavy atom. The van der Waals surface area contributed by atoms with Crippen molar-refractivity contribution in [3.8, 4) is 5.75 Å². The molecule has 2 aromatic rings. The zero-order chi connectivity index (χ0) is 13.7. The van der Waals surface area contributed by atoms with Crippen LogP contribution < -0.4 is 4.74 Å². The number of methoxy groups -OCH3 is 1. The van der Waals surface area contributed by atoms with Gasteiger partial charge in [0, 0.05) is 0 Å². The van der Waals surface area contributed by atoms with E-state index in [0.717, 1.165) is 11.3 Å². The first-order chi connectivity index (χ1) is 9.12. The summed E-state index contributed by atoms with van der Waals surface area (Å²) in [5, 5.41) is 1.73. The van der Waals surface area contributed by atoms with E-state index in [-0.39, 0.29) is 12.5 Å². The van der Waals surface area contributed by atoms with E-state index in [4.69, 9.17) is 9.47 Å². The fourth-order valence-corrected chi connectivity index (χ4v) is 3.54. The Labute approximate surface area is 116 Å². The summed E-state index contributed by atoms with van der Waals surface area (Å²) in [5.74, 6) is 0.453. The summed E-state index contributed by atoms with van der Waals surface area (Å²) in [5.41, 5.74) is 0.905. The highest BCUT2D eigenvalue weighted by Gasteiger charge is 2.15. The Bertz CT molecular complexity index is 601. The predicted molar refractivity (Wildman–Crippen MR) is 74.2 cm³/mol. The molecular weight excluding hydrogens is 284 g/mol. The zero-order valence-corrected chi connectivity index (χ0v) is 12.0. The van der Waals surface area contributed by atoms with Gasteiger partial charge in [-0.05, 0) is 29.1 Å². The van der Waals surface area contributed by atoms with Crippen LogP contribution in [0.2, 0.25) is 0 Å². The highest BCUT2D eigenvalue weighted by Crippen LogP contribution is 2.18. The second-order valence-corrected chi connectivity index (χ2v) is 6.97. The molecule has 0 saturated heterocycles. The number of thiophene rings is 1. The van der Waals surface area contributed by atoms with E-state index >= 15 is 0 Å². The lowest BCUT2D eigenvalue weighted by Gasteiger charge is -2.05. The summed E-state index contributed by atoms with van der Waals surface area (Å²) in [4.78, 5) is 0.